The number of rotatable bonds is 2. The fourth-order valence-electron chi connectivity index (χ4n) is 1.24. The lowest BCUT2D eigenvalue weighted by molar-refractivity contribution is 0.0685. The molecule has 0 radical (unpaired) electrons. The van der Waals surface area contributed by atoms with Gasteiger partial charge >= 0.3 is 5.97 Å². The van der Waals surface area contributed by atoms with E-state index in [1.54, 1.807) is 12.1 Å². The predicted molar refractivity (Wildman–Crippen MR) is 52.6 cm³/mol. The quantitative estimate of drug-likeness (QED) is 0.745. The number of aromatic nitrogens is 2. The summed E-state index contributed by atoms with van der Waals surface area (Å²) in [7, 11) is 0. The Morgan fingerprint density at radius 1 is 1.57 bits per heavy atom. The number of carboxylic acid groups (broad SMARTS) is 1. The molecule has 0 aliphatic heterocycles. The van der Waals surface area contributed by atoms with Gasteiger partial charge in [-0.25, -0.2) is 9.78 Å². The molecule has 2 rings (SSSR count). The number of nitrogens with zero attached hydrogens (tertiary/aromatic N) is 1. The van der Waals surface area contributed by atoms with E-state index in [0.717, 1.165) is 5.56 Å². The molecule has 0 amide bonds. The van der Waals surface area contributed by atoms with Gasteiger partial charge in [-0.2, -0.15) is 0 Å². The van der Waals surface area contributed by atoms with Crippen molar-refractivity contribution >= 4 is 28.6 Å². The molecular formula is C9H7ClN2O2. The molecule has 2 aromatic rings. The van der Waals surface area contributed by atoms with Crippen LogP contribution in [-0.4, -0.2) is 21.0 Å². The van der Waals surface area contributed by atoms with Crippen molar-refractivity contribution in [2.24, 2.45) is 0 Å². The zero-order valence-corrected chi connectivity index (χ0v) is 7.88. The van der Waals surface area contributed by atoms with Crippen LogP contribution in [0.4, 0.5) is 0 Å². The maximum atomic E-state index is 10.6. The van der Waals surface area contributed by atoms with Gasteiger partial charge in [-0.3, -0.25) is 0 Å². The summed E-state index contributed by atoms with van der Waals surface area (Å²) in [6, 6.07) is 5.36. The average molecular weight is 211 g/mol. The summed E-state index contributed by atoms with van der Waals surface area (Å²) in [5.74, 6) is -0.711. The van der Waals surface area contributed by atoms with Crippen LogP contribution in [0.2, 0.25) is 0 Å². The number of hydrogen-bond acceptors (Lipinski definition) is 2. The third-order valence-corrected chi connectivity index (χ3v) is 2.21. The summed E-state index contributed by atoms with van der Waals surface area (Å²) < 4.78 is 0. The number of fused-ring (bicyclic) bond motifs is 1. The standard InChI is InChI=1S/C9H7ClN2O2/c10-4-5-1-2-6-7(3-5)12-8(11-6)9(13)14/h1-3H,4H2,(H,11,12)(H,13,14). The molecule has 0 spiro atoms. The second-order valence-corrected chi connectivity index (χ2v) is 3.14. The van der Waals surface area contributed by atoms with Crippen LogP contribution in [0.3, 0.4) is 0 Å². The Bertz CT molecular complexity index is 493. The van der Waals surface area contributed by atoms with Crippen LogP contribution < -0.4 is 0 Å². The van der Waals surface area contributed by atoms with Gasteiger partial charge in [0.2, 0.25) is 5.82 Å². The van der Waals surface area contributed by atoms with Crippen LogP contribution in [0.1, 0.15) is 16.2 Å². The third kappa shape index (κ3) is 1.44. The molecular weight excluding hydrogens is 204 g/mol. The second kappa shape index (κ2) is 3.31. The van der Waals surface area contributed by atoms with Crippen LogP contribution in [0.15, 0.2) is 18.2 Å². The molecule has 2 N–H and O–H groups in total. The molecule has 1 heterocycles. The van der Waals surface area contributed by atoms with E-state index < -0.39 is 5.97 Å². The Balaban J connectivity index is 2.60. The van der Waals surface area contributed by atoms with Gasteiger partial charge in [0.15, 0.2) is 0 Å². The van der Waals surface area contributed by atoms with Crippen molar-refractivity contribution in [3.05, 3.63) is 29.6 Å². The number of carbonyl (C=O) groups is 1. The Kier molecular flexibility index (Phi) is 2.13. The Morgan fingerprint density at radius 2 is 2.36 bits per heavy atom. The number of carboxylic acids is 1. The molecule has 1 aromatic carbocycles. The molecule has 0 atom stereocenters. The highest BCUT2D eigenvalue weighted by Crippen LogP contribution is 2.14. The van der Waals surface area contributed by atoms with Gasteiger partial charge in [0.1, 0.15) is 0 Å². The van der Waals surface area contributed by atoms with Crippen LogP contribution in [0.25, 0.3) is 11.0 Å². The normalized spacial score (nSPS) is 10.6. The summed E-state index contributed by atoms with van der Waals surface area (Å²) in [5.41, 5.74) is 2.26. The first-order valence-electron chi connectivity index (χ1n) is 3.98. The minimum absolute atomic E-state index is 0.0493. The number of aromatic carboxylic acids is 1. The van der Waals surface area contributed by atoms with E-state index in [2.05, 4.69) is 9.97 Å². The zero-order chi connectivity index (χ0) is 10.1. The van der Waals surface area contributed by atoms with E-state index in [-0.39, 0.29) is 5.82 Å². The van der Waals surface area contributed by atoms with Crippen molar-refractivity contribution in [3.8, 4) is 0 Å². The second-order valence-electron chi connectivity index (χ2n) is 2.88. The molecule has 14 heavy (non-hydrogen) atoms. The topological polar surface area (TPSA) is 66.0 Å². The van der Waals surface area contributed by atoms with E-state index in [0.29, 0.717) is 16.9 Å². The van der Waals surface area contributed by atoms with E-state index >= 15 is 0 Å². The first-order valence-corrected chi connectivity index (χ1v) is 4.52. The molecule has 0 saturated carbocycles. The monoisotopic (exact) mass is 210 g/mol. The number of nitrogens with one attached hydrogen (secondary N) is 1. The van der Waals surface area contributed by atoms with Crippen LogP contribution in [0.5, 0.6) is 0 Å². The highest BCUT2D eigenvalue weighted by Gasteiger charge is 2.08. The highest BCUT2D eigenvalue weighted by molar-refractivity contribution is 6.17. The van der Waals surface area contributed by atoms with Crippen molar-refractivity contribution in [1.82, 2.24) is 9.97 Å². The number of halogens is 1. The van der Waals surface area contributed by atoms with Gasteiger partial charge in [0, 0.05) is 5.88 Å². The molecule has 0 aliphatic carbocycles. The number of benzene rings is 1. The van der Waals surface area contributed by atoms with Gasteiger partial charge in [0.05, 0.1) is 11.0 Å². The molecule has 0 aliphatic rings. The lowest BCUT2D eigenvalue weighted by Crippen LogP contribution is -1.97. The van der Waals surface area contributed by atoms with E-state index in [9.17, 15) is 4.79 Å². The lowest BCUT2D eigenvalue weighted by Gasteiger charge is -1.92. The largest absolute Gasteiger partial charge is 0.475 e. The van der Waals surface area contributed by atoms with Crippen LogP contribution in [-0.2, 0) is 5.88 Å². The fraction of sp³-hybridized carbons (Fsp3) is 0.111. The van der Waals surface area contributed by atoms with Gasteiger partial charge in [-0.05, 0) is 17.7 Å². The summed E-state index contributed by atoms with van der Waals surface area (Å²) in [6.45, 7) is 0. The first-order chi connectivity index (χ1) is 6.70. The van der Waals surface area contributed by atoms with Crippen molar-refractivity contribution in [2.45, 2.75) is 5.88 Å². The molecule has 0 saturated heterocycles. The first kappa shape index (κ1) is 9.02. The smallest absolute Gasteiger partial charge is 0.371 e. The summed E-state index contributed by atoms with van der Waals surface area (Å²) in [5, 5.41) is 8.69. The third-order valence-electron chi connectivity index (χ3n) is 1.90. The number of H-pyrrole nitrogens is 1. The Morgan fingerprint density at radius 3 is 3.00 bits per heavy atom. The van der Waals surface area contributed by atoms with E-state index in [4.69, 9.17) is 16.7 Å². The molecule has 72 valence electrons. The van der Waals surface area contributed by atoms with Crippen molar-refractivity contribution in [3.63, 3.8) is 0 Å². The van der Waals surface area contributed by atoms with E-state index in [1.807, 2.05) is 6.07 Å². The maximum Gasteiger partial charge on any atom is 0.371 e. The molecule has 0 unspecified atom stereocenters. The van der Waals surface area contributed by atoms with Gasteiger partial charge in [-0.1, -0.05) is 6.07 Å². The SMILES string of the molecule is O=C(O)c1nc2ccc(CCl)cc2[nH]1. The van der Waals surface area contributed by atoms with Crippen molar-refractivity contribution in [2.75, 3.05) is 0 Å². The highest BCUT2D eigenvalue weighted by atomic mass is 35.5. The number of alkyl halides is 1. The Labute approximate surface area is 84.5 Å². The molecule has 0 fully saturated rings. The van der Waals surface area contributed by atoms with Gasteiger partial charge in [0.25, 0.3) is 0 Å². The maximum absolute atomic E-state index is 10.6. The minimum Gasteiger partial charge on any atom is -0.475 e. The summed E-state index contributed by atoms with van der Waals surface area (Å²) in [6.07, 6.45) is 0. The molecule has 5 heteroatoms. The van der Waals surface area contributed by atoms with Gasteiger partial charge in [-0.15, -0.1) is 11.6 Å². The molecule has 0 bridgehead atoms. The number of hydrogen-bond donors (Lipinski definition) is 2. The van der Waals surface area contributed by atoms with Crippen molar-refractivity contribution < 1.29 is 9.90 Å². The fourth-order valence-corrected chi connectivity index (χ4v) is 1.41. The minimum atomic E-state index is -1.06. The number of imidazole rings is 1. The number of aromatic amines is 1. The molecule has 4 nitrogen and oxygen atoms in total. The van der Waals surface area contributed by atoms with Crippen LogP contribution in [0, 0.1) is 0 Å². The Hall–Kier alpha value is -1.55. The van der Waals surface area contributed by atoms with Crippen molar-refractivity contribution in [1.29, 1.82) is 0 Å². The lowest BCUT2D eigenvalue weighted by atomic mass is 10.2. The van der Waals surface area contributed by atoms with E-state index in [1.165, 1.54) is 0 Å². The molecule has 1 aromatic heterocycles. The summed E-state index contributed by atoms with van der Waals surface area (Å²) in [4.78, 5) is 17.2. The summed E-state index contributed by atoms with van der Waals surface area (Å²) >= 11 is 5.65. The van der Waals surface area contributed by atoms with Crippen LogP contribution >= 0.6 is 11.6 Å². The zero-order valence-electron chi connectivity index (χ0n) is 7.12. The average Bonchev–Trinajstić information content (AvgIpc) is 2.59. The predicted octanol–water partition coefficient (Wildman–Crippen LogP) is 2.00. The van der Waals surface area contributed by atoms with Gasteiger partial charge < -0.3 is 10.1 Å².